The van der Waals surface area contributed by atoms with Crippen LogP contribution in [0.2, 0.25) is 0 Å². The van der Waals surface area contributed by atoms with E-state index in [1.807, 2.05) is 54.7 Å². The third-order valence-electron chi connectivity index (χ3n) is 1.85. The monoisotopic (exact) mass is 262 g/mol. The molecule has 0 aliphatic rings. The normalized spacial score (nSPS) is 7.74. The van der Waals surface area contributed by atoms with Gasteiger partial charge in [-0.15, -0.1) is 0 Å². The maximum absolute atomic E-state index is 3.97. The molecule has 2 rings (SSSR count). The lowest BCUT2D eigenvalue weighted by molar-refractivity contribution is 1.06. The number of rotatable bonds is 0. The highest BCUT2D eigenvalue weighted by atomic mass is 14.8. The largest absolute Gasteiger partial charge is 0.245 e. The zero-order chi connectivity index (χ0) is 15.1. The summed E-state index contributed by atoms with van der Waals surface area (Å²) in [6.07, 6.45) is 8.43. The van der Waals surface area contributed by atoms with Crippen LogP contribution < -0.4 is 0 Å². The minimum atomic E-state index is 1.06. The zero-order valence-electron chi connectivity index (χ0n) is 13.2. The molecular weight excluding hydrogens is 236 g/mol. The van der Waals surface area contributed by atoms with Crippen LogP contribution in [-0.2, 0) is 0 Å². The van der Waals surface area contributed by atoms with Crippen molar-refractivity contribution in [3.63, 3.8) is 0 Å². The van der Waals surface area contributed by atoms with Crippen molar-refractivity contribution in [3.8, 4) is 0 Å². The van der Waals surface area contributed by atoms with E-state index < -0.39 is 0 Å². The first-order chi connectivity index (χ1) is 9.20. The van der Waals surface area contributed by atoms with Crippen LogP contribution in [0.4, 0.5) is 0 Å². The molecule has 4 nitrogen and oxygen atoms in total. The quantitative estimate of drug-likeness (QED) is 0.721. The van der Waals surface area contributed by atoms with Gasteiger partial charge in [-0.3, -0.25) is 0 Å². The number of nitrogens with zero attached hydrogens (tertiary/aromatic N) is 4. The average molecular weight is 262 g/mol. The lowest BCUT2D eigenvalue weighted by atomic mass is 10.3. The summed E-state index contributed by atoms with van der Waals surface area (Å²) < 4.78 is 0. The Bertz CT molecular complexity index is 381. The molecule has 0 aromatic carbocycles. The lowest BCUT2D eigenvalue weighted by Crippen LogP contribution is -1.85. The molecule has 0 atom stereocenters. The van der Waals surface area contributed by atoms with E-state index in [1.165, 1.54) is 6.33 Å². The van der Waals surface area contributed by atoms with E-state index in [1.54, 1.807) is 18.7 Å². The summed E-state index contributed by atoms with van der Waals surface area (Å²) >= 11 is 0. The molecule has 0 saturated carbocycles. The third kappa shape index (κ3) is 11.0. The van der Waals surface area contributed by atoms with Gasteiger partial charge in [-0.05, 0) is 31.9 Å². The number of aryl methyl sites for hydroxylation is 3. The van der Waals surface area contributed by atoms with E-state index in [0.717, 1.165) is 16.8 Å². The van der Waals surface area contributed by atoms with Gasteiger partial charge < -0.3 is 0 Å². The average Bonchev–Trinajstić information content (AvgIpc) is 2.48. The summed E-state index contributed by atoms with van der Waals surface area (Å²) in [4.78, 5) is 15.3. The minimum Gasteiger partial charge on any atom is -0.245 e. The van der Waals surface area contributed by atoms with Gasteiger partial charge in [0.2, 0.25) is 0 Å². The van der Waals surface area contributed by atoms with E-state index in [4.69, 9.17) is 0 Å². The van der Waals surface area contributed by atoms with Crippen LogP contribution in [0.5, 0.6) is 0 Å². The summed E-state index contributed by atoms with van der Waals surface area (Å²) in [7, 11) is 0. The molecule has 0 aliphatic carbocycles. The second-order valence-corrected chi connectivity index (χ2v) is 3.21. The molecule has 0 radical (unpaired) electrons. The lowest BCUT2D eigenvalue weighted by Gasteiger charge is -1.91. The Hall–Kier alpha value is -1.84. The number of hydrogen-bond donors (Lipinski definition) is 0. The van der Waals surface area contributed by atoms with Crippen molar-refractivity contribution in [1.29, 1.82) is 0 Å². The number of aromatic nitrogens is 4. The minimum absolute atomic E-state index is 1.06. The fourth-order valence-electron chi connectivity index (χ4n) is 0.834. The fourth-order valence-corrected chi connectivity index (χ4v) is 0.834. The molecule has 0 saturated heterocycles. The van der Waals surface area contributed by atoms with Crippen molar-refractivity contribution in [2.45, 2.75) is 48.5 Å². The van der Waals surface area contributed by atoms with Crippen molar-refractivity contribution in [2.24, 2.45) is 0 Å². The highest BCUT2D eigenvalue weighted by Crippen LogP contribution is 1.95. The van der Waals surface area contributed by atoms with Crippen LogP contribution >= 0.6 is 0 Å². The van der Waals surface area contributed by atoms with Gasteiger partial charge in [0.05, 0.1) is 0 Å². The van der Waals surface area contributed by atoms with E-state index in [-0.39, 0.29) is 0 Å². The van der Waals surface area contributed by atoms with Crippen molar-refractivity contribution < 1.29 is 0 Å². The Balaban J connectivity index is 0. The molecule has 106 valence electrons. The number of hydrogen-bond acceptors (Lipinski definition) is 4. The van der Waals surface area contributed by atoms with Gasteiger partial charge in [0.15, 0.2) is 0 Å². The van der Waals surface area contributed by atoms with Crippen molar-refractivity contribution in [1.82, 2.24) is 19.9 Å². The van der Waals surface area contributed by atoms with Crippen LogP contribution in [-0.4, -0.2) is 19.9 Å². The van der Waals surface area contributed by atoms with Crippen molar-refractivity contribution >= 4 is 0 Å². The van der Waals surface area contributed by atoms with Crippen LogP contribution in [0.3, 0.4) is 0 Å². The molecule has 4 heteroatoms. The Morgan fingerprint density at radius 2 is 1.16 bits per heavy atom. The molecular formula is C15H26N4. The van der Waals surface area contributed by atoms with E-state index in [0.29, 0.717) is 0 Å². The molecule has 0 aliphatic heterocycles. The van der Waals surface area contributed by atoms with Crippen LogP contribution in [0.15, 0.2) is 31.2 Å². The molecule has 2 aromatic rings. The smallest absolute Gasteiger partial charge is 0.115 e. The Morgan fingerprint density at radius 3 is 1.42 bits per heavy atom. The summed E-state index contributed by atoms with van der Waals surface area (Å²) in [5.41, 5.74) is 3.30. The Kier molecular flexibility index (Phi) is 14.6. The maximum Gasteiger partial charge on any atom is 0.115 e. The molecule has 2 heterocycles. The van der Waals surface area contributed by atoms with Crippen molar-refractivity contribution in [3.05, 3.63) is 48.1 Å². The second-order valence-electron chi connectivity index (χ2n) is 3.21. The van der Waals surface area contributed by atoms with Crippen LogP contribution in [0.25, 0.3) is 0 Å². The second kappa shape index (κ2) is 14.2. The Morgan fingerprint density at radius 1 is 0.684 bits per heavy atom. The fraction of sp³-hybridized carbons (Fsp3) is 0.467. The van der Waals surface area contributed by atoms with Gasteiger partial charge >= 0.3 is 0 Å². The zero-order valence-corrected chi connectivity index (χ0v) is 13.2. The molecule has 2 aromatic heterocycles. The van der Waals surface area contributed by atoms with Gasteiger partial charge in [-0.2, -0.15) is 0 Å². The van der Waals surface area contributed by atoms with Crippen molar-refractivity contribution in [2.75, 3.05) is 0 Å². The molecule has 0 unspecified atom stereocenters. The standard InChI is InChI=1S/C6H8N2.C5H6N2.2C2H6/c1-5-3-7-4-8-6(5)2;1-5-2-6-4-7-3-5;2*1-2/h3-4H,1-2H3;2-4H,1H3;2*1-2H3. The first-order valence-electron chi connectivity index (χ1n) is 6.65. The molecule has 0 spiro atoms. The molecule has 0 fully saturated rings. The molecule has 0 amide bonds. The van der Waals surface area contributed by atoms with Crippen LogP contribution in [0.1, 0.15) is 44.5 Å². The predicted molar refractivity (Wildman–Crippen MR) is 81.0 cm³/mol. The van der Waals surface area contributed by atoms with Gasteiger partial charge in [-0.25, -0.2) is 19.9 Å². The third-order valence-corrected chi connectivity index (χ3v) is 1.85. The highest BCUT2D eigenvalue weighted by molar-refractivity contribution is 5.10. The summed E-state index contributed by atoms with van der Waals surface area (Å²) in [6.45, 7) is 13.9. The summed E-state index contributed by atoms with van der Waals surface area (Å²) in [5, 5.41) is 0. The first-order valence-corrected chi connectivity index (χ1v) is 6.65. The summed E-state index contributed by atoms with van der Waals surface area (Å²) in [6, 6.07) is 0. The van der Waals surface area contributed by atoms with Gasteiger partial charge in [0.1, 0.15) is 12.7 Å². The molecule has 0 N–H and O–H groups in total. The maximum atomic E-state index is 3.97. The van der Waals surface area contributed by atoms with Gasteiger partial charge in [-0.1, -0.05) is 27.7 Å². The van der Waals surface area contributed by atoms with E-state index >= 15 is 0 Å². The predicted octanol–water partition coefficient (Wildman–Crippen LogP) is 3.93. The highest BCUT2D eigenvalue weighted by Gasteiger charge is 1.86. The molecule has 19 heavy (non-hydrogen) atoms. The van der Waals surface area contributed by atoms with E-state index in [9.17, 15) is 0 Å². The Labute approximate surface area is 117 Å². The first kappa shape index (κ1) is 19.5. The molecule has 0 bridgehead atoms. The SMILES string of the molecule is CC.CC.Cc1cncnc1.Cc1cncnc1C. The van der Waals surface area contributed by atoms with E-state index in [2.05, 4.69) is 19.9 Å². The topological polar surface area (TPSA) is 51.6 Å². The van der Waals surface area contributed by atoms with Gasteiger partial charge in [0.25, 0.3) is 0 Å². The summed E-state index contributed by atoms with van der Waals surface area (Å²) in [5.74, 6) is 0. The van der Waals surface area contributed by atoms with Crippen LogP contribution in [0, 0.1) is 20.8 Å². The van der Waals surface area contributed by atoms with Gasteiger partial charge in [0, 0.05) is 24.3 Å².